The van der Waals surface area contributed by atoms with Crippen molar-refractivity contribution >= 4 is 0 Å². The van der Waals surface area contributed by atoms with Gasteiger partial charge in [0.15, 0.2) is 0 Å². The van der Waals surface area contributed by atoms with Gasteiger partial charge in [0, 0.05) is 0 Å². The normalized spacial score (nSPS) is 5.33. The van der Waals surface area contributed by atoms with E-state index in [0.717, 1.165) is 0 Å². The molecule has 0 aliphatic rings. The van der Waals surface area contributed by atoms with Gasteiger partial charge in [-0.1, -0.05) is 35.4 Å². The topological polar surface area (TPSA) is 59.7 Å². The zero-order chi connectivity index (χ0) is 12.0. The van der Waals surface area contributed by atoms with Gasteiger partial charge in [-0.05, 0) is 13.8 Å². The molecule has 15 heavy (non-hydrogen) atoms. The average molecular weight is 242 g/mol. The summed E-state index contributed by atoms with van der Waals surface area (Å²) >= 11 is 0. The first-order chi connectivity index (χ1) is 6.79. The van der Waals surface area contributed by atoms with Crippen LogP contribution in [0.15, 0.2) is 24.3 Å². The van der Waals surface area contributed by atoms with Crippen molar-refractivity contribution in [2.75, 3.05) is 0 Å². The van der Waals surface area contributed by atoms with Crippen molar-refractivity contribution < 1.29 is 31.3 Å². The Kier molecular flexibility index (Phi) is 36.4. The number of hydrogen-bond donors (Lipinski definition) is 0. The van der Waals surface area contributed by atoms with E-state index in [0.29, 0.717) is 0 Å². The van der Waals surface area contributed by atoms with Crippen LogP contribution in [0.3, 0.4) is 0 Å². The molecule has 0 saturated heterocycles. The first-order valence-corrected chi connectivity index (χ1v) is 3.43. The fourth-order valence-corrected chi connectivity index (χ4v) is 0.637. The molecule has 0 heterocycles. The number of hydrogen-bond acceptors (Lipinski definition) is 0. The predicted octanol–water partition coefficient (Wildman–Crippen LogP) is 2.19. The third kappa shape index (κ3) is 19.4. The third-order valence-electron chi connectivity index (χ3n) is 1.22. The van der Waals surface area contributed by atoms with Gasteiger partial charge in [0.05, 0.1) is 0 Å². The standard InChI is InChI=1S/C8H10.3CO.Cr/c1-7-3-5-8(2)6-4-7;3*1-2;/h3-6H,1-2H3;;;;/q;;;;+6. The van der Waals surface area contributed by atoms with Crippen molar-refractivity contribution in [3.05, 3.63) is 55.3 Å². The molecule has 1 aromatic rings. The van der Waals surface area contributed by atoms with Crippen LogP contribution in [0.25, 0.3) is 0 Å². The van der Waals surface area contributed by atoms with Crippen LogP contribution in [0.1, 0.15) is 11.1 Å². The first kappa shape index (κ1) is 23.6. The van der Waals surface area contributed by atoms with E-state index in [1.807, 2.05) is 0 Å². The molecule has 1 aromatic carbocycles. The second kappa shape index (κ2) is 23.1. The molecule has 72 valence electrons. The quantitative estimate of drug-likeness (QED) is 0.494. The van der Waals surface area contributed by atoms with Crippen LogP contribution in [0.5, 0.6) is 0 Å². The summed E-state index contributed by atoms with van der Waals surface area (Å²) in [4.78, 5) is 0. The summed E-state index contributed by atoms with van der Waals surface area (Å²) in [6, 6.07) is 8.48. The largest absolute Gasteiger partial charge is 6.00 e. The van der Waals surface area contributed by atoms with Crippen LogP contribution < -0.4 is 0 Å². The predicted molar refractivity (Wildman–Crippen MR) is 47.7 cm³/mol. The van der Waals surface area contributed by atoms with E-state index >= 15 is 0 Å². The third-order valence-corrected chi connectivity index (χ3v) is 1.22. The molecule has 0 bridgehead atoms. The Morgan fingerprint density at radius 1 is 0.667 bits per heavy atom. The fraction of sp³-hybridized carbons (Fsp3) is 0.182. The summed E-state index contributed by atoms with van der Waals surface area (Å²) < 4.78 is 22.5. The molecule has 0 fully saturated rings. The maximum Gasteiger partial charge on any atom is 6.00 e. The minimum Gasteiger partial charge on any atom is 6.00 e. The van der Waals surface area contributed by atoms with Crippen LogP contribution in [0.2, 0.25) is 0 Å². The van der Waals surface area contributed by atoms with Gasteiger partial charge in [-0.2, -0.15) is 0 Å². The molecular formula is C11H10CrO3+6. The Balaban J connectivity index is -0.0000000755. The first-order valence-electron chi connectivity index (χ1n) is 3.43. The maximum absolute atomic E-state index is 7.50. The van der Waals surface area contributed by atoms with E-state index in [-0.39, 0.29) is 17.4 Å². The average Bonchev–Trinajstić information content (AvgIpc) is 2.31. The summed E-state index contributed by atoms with van der Waals surface area (Å²) in [7, 11) is 0. The van der Waals surface area contributed by atoms with Crippen molar-refractivity contribution in [3.63, 3.8) is 0 Å². The molecule has 0 N–H and O–H groups in total. The Bertz CT molecular complexity index is 237. The second-order valence-electron chi connectivity index (χ2n) is 2.15. The summed E-state index contributed by atoms with van der Waals surface area (Å²) in [5, 5.41) is 0. The molecule has 4 heteroatoms. The van der Waals surface area contributed by atoms with Crippen LogP contribution in [0.4, 0.5) is 0 Å². The van der Waals surface area contributed by atoms with Gasteiger partial charge in [0.2, 0.25) is 0 Å². The smallest absolute Gasteiger partial charge is 6.00 e. The zero-order valence-corrected chi connectivity index (χ0v) is 9.72. The van der Waals surface area contributed by atoms with Crippen molar-refractivity contribution in [3.8, 4) is 0 Å². The number of rotatable bonds is 0. The Morgan fingerprint density at radius 3 is 0.933 bits per heavy atom. The SMILES string of the molecule is Cc1ccc(C)cc1.[C-]#[O+].[C-]#[O+].[C-]#[O+].[Cr+6]. The Labute approximate surface area is 101 Å². The molecule has 0 spiro atoms. The molecule has 0 atom stereocenters. The summed E-state index contributed by atoms with van der Waals surface area (Å²) in [5.74, 6) is 0. The van der Waals surface area contributed by atoms with Crippen LogP contribution in [-0.2, 0) is 31.3 Å². The van der Waals surface area contributed by atoms with E-state index in [2.05, 4.69) is 58.1 Å². The van der Waals surface area contributed by atoms with E-state index in [9.17, 15) is 0 Å². The fourth-order valence-electron chi connectivity index (χ4n) is 0.637. The molecule has 0 radical (unpaired) electrons. The van der Waals surface area contributed by atoms with Gasteiger partial charge in [0.25, 0.3) is 0 Å². The molecule has 0 saturated carbocycles. The van der Waals surface area contributed by atoms with E-state index in [1.165, 1.54) is 11.1 Å². The van der Waals surface area contributed by atoms with Gasteiger partial charge in [0.1, 0.15) is 0 Å². The van der Waals surface area contributed by atoms with Crippen LogP contribution >= 0.6 is 0 Å². The molecule has 3 nitrogen and oxygen atoms in total. The number of benzene rings is 1. The van der Waals surface area contributed by atoms with Crippen LogP contribution in [-0.4, -0.2) is 0 Å². The summed E-state index contributed by atoms with van der Waals surface area (Å²) in [5.41, 5.74) is 2.66. The monoisotopic (exact) mass is 242 g/mol. The molecule has 0 amide bonds. The maximum atomic E-state index is 7.50. The summed E-state index contributed by atoms with van der Waals surface area (Å²) in [6.45, 7) is 17.7. The minimum absolute atomic E-state index is 0. The second-order valence-corrected chi connectivity index (χ2v) is 2.15. The van der Waals surface area contributed by atoms with Crippen LogP contribution in [0, 0.1) is 33.8 Å². The van der Waals surface area contributed by atoms with Crippen molar-refractivity contribution in [1.82, 2.24) is 0 Å². The van der Waals surface area contributed by atoms with Gasteiger partial charge in [-0.3, -0.25) is 0 Å². The number of aryl methyl sites for hydroxylation is 2. The molecule has 0 aliphatic heterocycles. The minimum atomic E-state index is 0. The van der Waals surface area contributed by atoms with Gasteiger partial charge in [-0.15, -0.1) is 0 Å². The van der Waals surface area contributed by atoms with Crippen molar-refractivity contribution in [2.45, 2.75) is 13.8 Å². The Morgan fingerprint density at radius 2 is 0.800 bits per heavy atom. The van der Waals surface area contributed by atoms with E-state index in [1.54, 1.807) is 0 Å². The van der Waals surface area contributed by atoms with Gasteiger partial charge < -0.3 is 0 Å². The zero-order valence-electron chi connectivity index (χ0n) is 8.44. The summed E-state index contributed by atoms with van der Waals surface area (Å²) in [6.07, 6.45) is 0. The Hall–Kier alpha value is -1.03. The van der Waals surface area contributed by atoms with E-state index < -0.39 is 0 Å². The van der Waals surface area contributed by atoms with Gasteiger partial charge >= 0.3 is 51.3 Å². The molecule has 0 unspecified atom stereocenters. The van der Waals surface area contributed by atoms with Gasteiger partial charge in [-0.25, -0.2) is 0 Å². The molecule has 1 rings (SSSR count). The van der Waals surface area contributed by atoms with Crippen molar-refractivity contribution in [2.24, 2.45) is 0 Å². The molecular weight excluding hydrogens is 232 g/mol. The van der Waals surface area contributed by atoms with Crippen molar-refractivity contribution in [1.29, 1.82) is 0 Å². The molecule has 0 aliphatic carbocycles. The van der Waals surface area contributed by atoms with E-state index in [4.69, 9.17) is 14.0 Å². The molecule has 0 aromatic heterocycles.